The average molecular weight is 262 g/mol. The predicted octanol–water partition coefficient (Wildman–Crippen LogP) is 1.41. The molecule has 0 saturated carbocycles. The van der Waals surface area contributed by atoms with Crippen LogP contribution in [0.25, 0.3) is 0 Å². The van der Waals surface area contributed by atoms with Crippen LogP contribution in [0.3, 0.4) is 0 Å². The van der Waals surface area contributed by atoms with Gasteiger partial charge in [-0.2, -0.15) is 5.10 Å². The minimum absolute atomic E-state index is 0.0259. The van der Waals surface area contributed by atoms with Gasteiger partial charge in [0, 0.05) is 24.6 Å². The summed E-state index contributed by atoms with van der Waals surface area (Å²) in [5.74, 6) is 1.84. The Morgan fingerprint density at radius 3 is 3.00 bits per heavy atom. The summed E-state index contributed by atoms with van der Waals surface area (Å²) in [6.45, 7) is 2.74. The molecule has 0 amide bonds. The van der Waals surface area contributed by atoms with E-state index in [0.717, 1.165) is 30.1 Å². The first-order valence-electron chi connectivity index (χ1n) is 6.15. The van der Waals surface area contributed by atoms with Crippen molar-refractivity contribution in [1.82, 2.24) is 20.5 Å². The van der Waals surface area contributed by atoms with E-state index in [2.05, 4.69) is 20.5 Å². The van der Waals surface area contributed by atoms with E-state index in [1.165, 1.54) is 6.33 Å². The number of aromatic amines is 1. The number of hydrogen-bond donors (Lipinski definition) is 3. The van der Waals surface area contributed by atoms with Crippen molar-refractivity contribution < 1.29 is 9.84 Å². The lowest BCUT2D eigenvalue weighted by atomic mass is 10.1. The third-order valence-electron chi connectivity index (χ3n) is 2.98. The maximum Gasteiger partial charge on any atom is 0.137 e. The summed E-state index contributed by atoms with van der Waals surface area (Å²) in [6.07, 6.45) is 2.25. The molecule has 1 heterocycles. The first kappa shape index (κ1) is 13.4. The molecular weight excluding hydrogens is 244 g/mol. The van der Waals surface area contributed by atoms with Gasteiger partial charge in [-0.25, -0.2) is 4.98 Å². The van der Waals surface area contributed by atoms with Crippen LogP contribution in [-0.4, -0.2) is 33.9 Å². The topological polar surface area (TPSA) is 83.1 Å². The zero-order valence-corrected chi connectivity index (χ0v) is 11.1. The number of phenols is 1. The van der Waals surface area contributed by atoms with Crippen LogP contribution in [0.2, 0.25) is 0 Å². The van der Waals surface area contributed by atoms with Gasteiger partial charge in [0.05, 0.1) is 7.11 Å². The summed E-state index contributed by atoms with van der Waals surface area (Å²) in [7, 11) is 1.61. The molecule has 0 bridgehead atoms. The SMILES string of the molecule is COc1ccc(O)c(C(C)NCCc2ncn[nH]2)c1. The summed E-state index contributed by atoms with van der Waals surface area (Å²) in [6, 6.07) is 5.24. The smallest absolute Gasteiger partial charge is 0.137 e. The van der Waals surface area contributed by atoms with Crippen molar-refractivity contribution in [3.8, 4) is 11.5 Å². The molecule has 3 N–H and O–H groups in total. The second-order valence-corrected chi connectivity index (χ2v) is 4.28. The van der Waals surface area contributed by atoms with Crippen LogP contribution < -0.4 is 10.1 Å². The minimum Gasteiger partial charge on any atom is -0.508 e. The molecular formula is C13H18N4O2. The molecule has 0 saturated heterocycles. The average Bonchev–Trinajstić information content (AvgIpc) is 2.92. The van der Waals surface area contributed by atoms with E-state index < -0.39 is 0 Å². The zero-order chi connectivity index (χ0) is 13.7. The Bertz CT molecular complexity index is 513. The van der Waals surface area contributed by atoms with E-state index in [9.17, 15) is 5.11 Å². The number of aromatic hydroxyl groups is 1. The van der Waals surface area contributed by atoms with E-state index in [1.807, 2.05) is 13.0 Å². The maximum absolute atomic E-state index is 9.86. The fourth-order valence-corrected chi connectivity index (χ4v) is 1.87. The summed E-state index contributed by atoms with van der Waals surface area (Å²) in [5, 5.41) is 19.8. The molecule has 1 aromatic heterocycles. The minimum atomic E-state index is 0.0259. The van der Waals surface area contributed by atoms with E-state index in [1.54, 1.807) is 19.2 Å². The lowest BCUT2D eigenvalue weighted by molar-refractivity contribution is 0.407. The number of aromatic nitrogens is 3. The molecule has 0 aliphatic carbocycles. The molecule has 0 fully saturated rings. The van der Waals surface area contributed by atoms with E-state index in [0.29, 0.717) is 0 Å². The molecule has 0 aliphatic heterocycles. The van der Waals surface area contributed by atoms with Crippen molar-refractivity contribution in [2.75, 3.05) is 13.7 Å². The number of rotatable bonds is 6. The van der Waals surface area contributed by atoms with Crippen molar-refractivity contribution in [2.45, 2.75) is 19.4 Å². The maximum atomic E-state index is 9.86. The standard InChI is InChI=1S/C13H18N4O2/c1-9(14-6-5-13-15-8-16-17-13)11-7-10(19-2)3-4-12(11)18/h3-4,7-9,14,18H,5-6H2,1-2H3,(H,15,16,17). The normalized spacial score (nSPS) is 12.3. The second-order valence-electron chi connectivity index (χ2n) is 4.28. The van der Waals surface area contributed by atoms with Gasteiger partial charge in [-0.05, 0) is 25.1 Å². The summed E-state index contributed by atoms with van der Waals surface area (Å²) in [5.41, 5.74) is 0.817. The fraction of sp³-hybridized carbons (Fsp3) is 0.385. The molecule has 6 nitrogen and oxygen atoms in total. The first-order chi connectivity index (χ1) is 9.20. The van der Waals surface area contributed by atoms with Gasteiger partial charge in [0.2, 0.25) is 0 Å². The molecule has 1 atom stereocenters. The Labute approximate surface area is 111 Å². The Balaban J connectivity index is 1.93. The number of hydrogen-bond acceptors (Lipinski definition) is 5. The van der Waals surface area contributed by atoms with Crippen molar-refractivity contribution in [3.63, 3.8) is 0 Å². The summed E-state index contributed by atoms with van der Waals surface area (Å²) in [4.78, 5) is 4.05. The van der Waals surface area contributed by atoms with Gasteiger partial charge in [0.1, 0.15) is 23.7 Å². The number of phenolic OH excluding ortho intramolecular Hbond substituents is 1. The molecule has 2 rings (SSSR count). The Morgan fingerprint density at radius 2 is 2.32 bits per heavy atom. The first-order valence-corrected chi connectivity index (χ1v) is 6.15. The number of methoxy groups -OCH3 is 1. The van der Waals surface area contributed by atoms with Gasteiger partial charge in [-0.15, -0.1) is 0 Å². The van der Waals surface area contributed by atoms with Crippen LogP contribution in [0.1, 0.15) is 24.4 Å². The number of benzene rings is 1. The highest BCUT2D eigenvalue weighted by atomic mass is 16.5. The van der Waals surface area contributed by atoms with Gasteiger partial charge >= 0.3 is 0 Å². The number of H-pyrrole nitrogens is 1. The van der Waals surface area contributed by atoms with Gasteiger partial charge in [0.15, 0.2) is 0 Å². The number of nitrogens with zero attached hydrogens (tertiary/aromatic N) is 2. The molecule has 0 aliphatic rings. The lowest BCUT2D eigenvalue weighted by Crippen LogP contribution is -2.21. The van der Waals surface area contributed by atoms with E-state index in [4.69, 9.17) is 4.74 Å². The van der Waals surface area contributed by atoms with Crippen LogP contribution in [0, 0.1) is 0 Å². The molecule has 1 unspecified atom stereocenters. The van der Waals surface area contributed by atoms with Gasteiger partial charge in [0.25, 0.3) is 0 Å². The van der Waals surface area contributed by atoms with E-state index >= 15 is 0 Å². The van der Waals surface area contributed by atoms with Gasteiger partial charge in [-0.1, -0.05) is 0 Å². The molecule has 19 heavy (non-hydrogen) atoms. The van der Waals surface area contributed by atoms with Crippen LogP contribution in [0.15, 0.2) is 24.5 Å². The molecule has 6 heteroatoms. The van der Waals surface area contributed by atoms with Crippen molar-refractivity contribution in [1.29, 1.82) is 0 Å². The highest BCUT2D eigenvalue weighted by Crippen LogP contribution is 2.28. The van der Waals surface area contributed by atoms with Crippen LogP contribution >= 0.6 is 0 Å². The summed E-state index contributed by atoms with van der Waals surface area (Å²) < 4.78 is 5.16. The lowest BCUT2D eigenvalue weighted by Gasteiger charge is -2.16. The third kappa shape index (κ3) is 3.45. The Hall–Kier alpha value is -2.08. The van der Waals surface area contributed by atoms with Crippen molar-refractivity contribution in [3.05, 3.63) is 35.9 Å². The molecule has 0 spiro atoms. The van der Waals surface area contributed by atoms with Crippen LogP contribution in [0.5, 0.6) is 11.5 Å². The number of ether oxygens (including phenoxy) is 1. The van der Waals surface area contributed by atoms with Crippen LogP contribution in [0.4, 0.5) is 0 Å². The predicted molar refractivity (Wildman–Crippen MR) is 71.2 cm³/mol. The van der Waals surface area contributed by atoms with Gasteiger partial charge < -0.3 is 15.2 Å². The number of nitrogens with one attached hydrogen (secondary N) is 2. The Kier molecular flexibility index (Phi) is 4.35. The quantitative estimate of drug-likeness (QED) is 0.733. The third-order valence-corrected chi connectivity index (χ3v) is 2.98. The fourth-order valence-electron chi connectivity index (χ4n) is 1.87. The van der Waals surface area contributed by atoms with Crippen molar-refractivity contribution in [2.24, 2.45) is 0 Å². The van der Waals surface area contributed by atoms with Crippen molar-refractivity contribution >= 4 is 0 Å². The monoisotopic (exact) mass is 262 g/mol. The zero-order valence-electron chi connectivity index (χ0n) is 11.1. The highest BCUT2D eigenvalue weighted by molar-refractivity contribution is 5.41. The highest BCUT2D eigenvalue weighted by Gasteiger charge is 2.11. The molecule has 102 valence electrons. The summed E-state index contributed by atoms with van der Waals surface area (Å²) >= 11 is 0. The van der Waals surface area contributed by atoms with Crippen LogP contribution in [-0.2, 0) is 6.42 Å². The van der Waals surface area contributed by atoms with Gasteiger partial charge in [-0.3, -0.25) is 5.10 Å². The Morgan fingerprint density at radius 1 is 1.47 bits per heavy atom. The largest absolute Gasteiger partial charge is 0.508 e. The molecule has 0 radical (unpaired) electrons. The van der Waals surface area contributed by atoms with E-state index in [-0.39, 0.29) is 11.8 Å². The second kappa shape index (κ2) is 6.19. The molecule has 1 aromatic carbocycles. The molecule has 2 aromatic rings.